The van der Waals surface area contributed by atoms with Gasteiger partial charge in [0.1, 0.15) is 5.75 Å². The summed E-state index contributed by atoms with van der Waals surface area (Å²) in [5.74, 6) is -0.843. The predicted molar refractivity (Wildman–Crippen MR) is 119 cm³/mol. The number of aryl methyl sites for hydroxylation is 1. The van der Waals surface area contributed by atoms with Crippen molar-refractivity contribution in [3.63, 3.8) is 0 Å². The second-order valence-electron chi connectivity index (χ2n) is 7.05. The Bertz CT molecular complexity index is 1150. The van der Waals surface area contributed by atoms with E-state index in [0.717, 1.165) is 25.4 Å². The summed E-state index contributed by atoms with van der Waals surface area (Å²) < 4.78 is 27.2. The first kappa shape index (κ1) is 20.3. The summed E-state index contributed by atoms with van der Waals surface area (Å²) in [5, 5.41) is 0.928. The minimum Gasteiger partial charge on any atom is -0.345 e. The fraction of sp³-hybridized carbons (Fsp3) is 0.300. The first-order chi connectivity index (χ1) is 13.8. The third-order valence-corrected chi connectivity index (χ3v) is 8.13. The highest BCUT2D eigenvalue weighted by Crippen LogP contribution is 2.31. The van der Waals surface area contributed by atoms with Gasteiger partial charge in [0.25, 0.3) is 0 Å². The maximum Gasteiger partial charge on any atom is 0.238 e. The Balaban J connectivity index is 1.39. The number of hydrogen-bond acceptors (Lipinski definition) is 6. The lowest BCUT2D eigenvalue weighted by Gasteiger charge is -2.34. The zero-order valence-electron chi connectivity index (χ0n) is 15.8. The lowest BCUT2D eigenvalue weighted by molar-refractivity contribution is -0.128. The molecular formula is C20H20BrN3O3S2. The van der Waals surface area contributed by atoms with Crippen molar-refractivity contribution in [3.05, 3.63) is 52.5 Å². The van der Waals surface area contributed by atoms with Gasteiger partial charge in [0.2, 0.25) is 5.91 Å². The van der Waals surface area contributed by atoms with Crippen molar-refractivity contribution in [2.45, 2.75) is 11.8 Å². The van der Waals surface area contributed by atoms with Crippen LogP contribution in [0.25, 0.3) is 10.2 Å². The number of amides is 1. The van der Waals surface area contributed by atoms with Crippen molar-refractivity contribution in [3.8, 4) is 0 Å². The minimum atomic E-state index is -3.63. The van der Waals surface area contributed by atoms with Crippen LogP contribution in [0.5, 0.6) is 0 Å². The average Bonchev–Trinajstić information content (AvgIpc) is 3.11. The van der Waals surface area contributed by atoms with Gasteiger partial charge in [0.15, 0.2) is 15.0 Å². The first-order valence-electron chi connectivity index (χ1n) is 9.20. The molecule has 2 heterocycles. The highest BCUT2D eigenvalue weighted by atomic mass is 79.9. The summed E-state index contributed by atoms with van der Waals surface area (Å²) in [6, 6.07) is 12.6. The molecule has 29 heavy (non-hydrogen) atoms. The second-order valence-corrected chi connectivity index (χ2v) is 11.0. The third-order valence-electron chi connectivity index (χ3n) is 4.94. The number of hydrogen-bond donors (Lipinski definition) is 0. The standard InChI is InChI=1S/C20H20BrN3O3S2/c1-14-2-5-16(6-3-14)29(26,27)13-19(25)23-8-10-24(11-9-23)20-22-17-7-4-15(21)12-18(17)28-20/h2-7,12H,8-11,13H2,1H3. The smallest absolute Gasteiger partial charge is 0.238 e. The number of piperazine rings is 1. The fourth-order valence-electron chi connectivity index (χ4n) is 3.25. The van der Waals surface area contributed by atoms with Gasteiger partial charge < -0.3 is 9.80 Å². The van der Waals surface area contributed by atoms with Crippen molar-refractivity contribution >= 4 is 58.4 Å². The Morgan fingerprint density at radius 1 is 1.10 bits per heavy atom. The fourth-order valence-corrected chi connectivity index (χ4v) is 6.05. The van der Waals surface area contributed by atoms with E-state index in [1.807, 2.05) is 25.1 Å². The highest BCUT2D eigenvalue weighted by Gasteiger charge is 2.27. The number of rotatable bonds is 4. The van der Waals surface area contributed by atoms with Crippen molar-refractivity contribution in [1.29, 1.82) is 0 Å². The van der Waals surface area contributed by atoms with Crippen LogP contribution in [0.15, 0.2) is 51.8 Å². The molecular weight excluding hydrogens is 474 g/mol. The van der Waals surface area contributed by atoms with Crippen LogP contribution in [0.4, 0.5) is 5.13 Å². The number of halogens is 1. The van der Waals surface area contributed by atoms with Gasteiger partial charge in [-0.25, -0.2) is 13.4 Å². The lowest BCUT2D eigenvalue weighted by Crippen LogP contribution is -2.50. The number of sulfone groups is 1. The van der Waals surface area contributed by atoms with E-state index in [2.05, 4.69) is 25.8 Å². The number of fused-ring (bicyclic) bond motifs is 1. The number of nitrogens with zero attached hydrogens (tertiary/aromatic N) is 3. The van der Waals surface area contributed by atoms with E-state index in [0.29, 0.717) is 26.2 Å². The van der Waals surface area contributed by atoms with Crippen LogP contribution >= 0.6 is 27.3 Å². The quantitative estimate of drug-likeness (QED) is 0.556. The minimum absolute atomic E-state index is 0.190. The van der Waals surface area contributed by atoms with Crippen LogP contribution in [-0.2, 0) is 14.6 Å². The number of aromatic nitrogens is 1. The van der Waals surface area contributed by atoms with Gasteiger partial charge in [-0.2, -0.15) is 0 Å². The van der Waals surface area contributed by atoms with E-state index in [4.69, 9.17) is 0 Å². The summed E-state index contributed by atoms with van der Waals surface area (Å²) in [7, 11) is -3.63. The van der Waals surface area contributed by atoms with E-state index >= 15 is 0 Å². The SMILES string of the molecule is Cc1ccc(S(=O)(=O)CC(=O)N2CCN(c3nc4ccc(Br)cc4s3)CC2)cc1. The van der Waals surface area contributed by atoms with Crippen LogP contribution in [0, 0.1) is 6.92 Å². The molecule has 0 aliphatic carbocycles. The van der Waals surface area contributed by atoms with Gasteiger partial charge in [0, 0.05) is 30.7 Å². The Morgan fingerprint density at radius 3 is 2.48 bits per heavy atom. The maximum atomic E-state index is 12.6. The van der Waals surface area contributed by atoms with Gasteiger partial charge in [-0.3, -0.25) is 4.79 Å². The summed E-state index contributed by atoms with van der Waals surface area (Å²) in [6.07, 6.45) is 0. The Kier molecular flexibility index (Phi) is 5.63. The van der Waals surface area contributed by atoms with Gasteiger partial charge in [-0.15, -0.1) is 0 Å². The molecule has 4 rings (SSSR count). The Labute approximate surface area is 182 Å². The molecule has 1 aliphatic heterocycles. The molecule has 1 fully saturated rings. The summed E-state index contributed by atoms with van der Waals surface area (Å²) in [5.41, 5.74) is 1.93. The molecule has 9 heteroatoms. The molecule has 0 N–H and O–H groups in total. The largest absolute Gasteiger partial charge is 0.345 e. The zero-order chi connectivity index (χ0) is 20.6. The summed E-state index contributed by atoms with van der Waals surface area (Å²) in [4.78, 5) is 21.2. The van der Waals surface area contributed by atoms with Crippen molar-refractivity contribution < 1.29 is 13.2 Å². The number of thiazole rings is 1. The summed E-state index contributed by atoms with van der Waals surface area (Å²) in [6.45, 7) is 4.14. The number of carbonyl (C=O) groups is 1. The van der Waals surface area contributed by atoms with Crippen molar-refractivity contribution in [2.75, 3.05) is 36.8 Å². The normalized spacial score (nSPS) is 15.1. The van der Waals surface area contributed by atoms with Crippen LogP contribution < -0.4 is 4.90 Å². The molecule has 152 valence electrons. The highest BCUT2D eigenvalue weighted by molar-refractivity contribution is 9.10. The zero-order valence-corrected chi connectivity index (χ0v) is 19.1. The van der Waals surface area contributed by atoms with Crippen LogP contribution in [0.3, 0.4) is 0 Å². The van der Waals surface area contributed by atoms with Gasteiger partial charge in [-0.1, -0.05) is 45.0 Å². The monoisotopic (exact) mass is 493 g/mol. The summed E-state index contributed by atoms with van der Waals surface area (Å²) >= 11 is 5.10. The second kappa shape index (κ2) is 8.04. The molecule has 0 radical (unpaired) electrons. The van der Waals surface area contributed by atoms with Crippen LogP contribution in [-0.4, -0.2) is 56.1 Å². The Hall–Kier alpha value is -1.97. The molecule has 0 atom stereocenters. The Morgan fingerprint density at radius 2 is 1.79 bits per heavy atom. The number of anilines is 1. The molecule has 1 aliphatic rings. The van der Waals surface area contributed by atoms with Crippen LogP contribution in [0.1, 0.15) is 5.56 Å². The molecule has 0 spiro atoms. The van der Waals surface area contributed by atoms with E-state index in [1.54, 1.807) is 40.5 Å². The lowest BCUT2D eigenvalue weighted by atomic mass is 10.2. The van der Waals surface area contributed by atoms with Gasteiger partial charge in [0.05, 0.1) is 15.1 Å². The van der Waals surface area contributed by atoms with E-state index < -0.39 is 15.6 Å². The topological polar surface area (TPSA) is 70.6 Å². The van der Waals surface area contributed by atoms with Crippen molar-refractivity contribution in [2.24, 2.45) is 0 Å². The molecule has 2 aromatic carbocycles. The van der Waals surface area contributed by atoms with E-state index in [1.165, 1.54) is 0 Å². The number of carbonyl (C=O) groups excluding carboxylic acids is 1. The molecule has 1 amide bonds. The number of benzene rings is 2. The molecule has 1 aromatic heterocycles. The van der Waals surface area contributed by atoms with E-state index in [-0.39, 0.29) is 10.8 Å². The molecule has 0 bridgehead atoms. The first-order valence-corrected chi connectivity index (χ1v) is 12.5. The van der Waals surface area contributed by atoms with Gasteiger partial charge >= 0.3 is 0 Å². The van der Waals surface area contributed by atoms with Gasteiger partial charge in [-0.05, 0) is 37.3 Å². The van der Waals surface area contributed by atoms with Crippen LogP contribution in [0.2, 0.25) is 0 Å². The van der Waals surface area contributed by atoms with E-state index in [9.17, 15) is 13.2 Å². The molecule has 0 saturated carbocycles. The maximum absolute atomic E-state index is 12.6. The predicted octanol–water partition coefficient (Wildman–Crippen LogP) is 3.49. The molecule has 0 unspecified atom stereocenters. The molecule has 1 saturated heterocycles. The molecule has 6 nitrogen and oxygen atoms in total. The average molecular weight is 494 g/mol. The third kappa shape index (κ3) is 4.46. The molecule has 3 aromatic rings. The van der Waals surface area contributed by atoms with Crippen molar-refractivity contribution in [1.82, 2.24) is 9.88 Å².